The first kappa shape index (κ1) is 16.5. The van der Waals surface area contributed by atoms with Crippen molar-refractivity contribution in [1.82, 2.24) is 29.2 Å². The minimum Gasteiger partial charge on any atom is -0.244 e. The molecule has 0 saturated carbocycles. The number of aryl methyl sites for hydroxylation is 1. The summed E-state index contributed by atoms with van der Waals surface area (Å²) in [5.41, 5.74) is 3.63. The van der Waals surface area contributed by atoms with Gasteiger partial charge in [-0.1, -0.05) is 49.0 Å². The van der Waals surface area contributed by atoms with Crippen LogP contribution in [0.3, 0.4) is 0 Å². The quantitative estimate of drug-likeness (QED) is 0.416. The van der Waals surface area contributed by atoms with Crippen LogP contribution < -0.4 is 0 Å². The predicted octanol–water partition coefficient (Wildman–Crippen LogP) is 4.40. The van der Waals surface area contributed by atoms with Crippen molar-refractivity contribution in [3.05, 3.63) is 52.7 Å². The van der Waals surface area contributed by atoms with Gasteiger partial charge in [0, 0.05) is 10.6 Å². The molecular weight excluding hydrogens is 388 g/mol. The Labute approximate surface area is 169 Å². The van der Waals surface area contributed by atoms with E-state index in [9.17, 15) is 0 Å². The third kappa shape index (κ3) is 2.41. The zero-order chi connectivity index (χ0) is 18.7. The zero-order valence-corrected chi connectivity index (χ0v) is 17.0. The molecule has 0 aliphatic heterocycles. The normalized spacial score (nSPS) is 17.0. The van der Waals surface area contributed by atoms with Crippen LogP contribution in [0.15, 0.2) is 41.8 Å². The van der Waals surface area contributed by atoms with Crippen LogP contribution in [0.25, 0.3) is 21.6 Å². The summed E-state index contributed by atoms with van der Waals surface area (Å²) in [6.45, 7) is 2.34. The first-order valence-corrected chi connectivity index (χ1v) is 11.3. The van der Waals surface area contributed by atoms with Gasteiger partial charge in [-0.2, -0.15) is 9.61 Å². The number of hydrogen-bond acceptors (Lipinski definition) is 6. The summed E-state index contributed by atoms with van der Waals surface area (Å²) < 4.78 is 4.02. The fourth-order valence-corrected chi connectivity index (χ4v) is 6.37. The predicted molar refractivity (Wildman–Crippen MR) is 112 cm³/mol. The largest absolute Gasteiger partial charge is 0.260 e. The van der Waals surface area contributed by atoms with Gasteiger partial charge >= 0.3 is 0 Å². The third-order valence-electron chi connectivity index (χ3n) is 5.48. The van der Waals surface area contributed by atoms with Crippen molar-refractivity contribution in [3.63, 3.8) is 0 Å². The number of nitrogens with zero attached hydrogens (tertiary/aromatic N) is 6. The second-order valence-corrected chi connectivity index (χ2v) is 9.45. The van der Waals surface area contributed by atoms with Gasteiger partial charge in [-0.05, 0) is 36.3 Å². The van der Waals surface area contributed by atoms with Crippen LogP contribution in [0.5, 0.6) is 0 Å². The molecule has 1 unspecified atom stereocenters. The lowest BCUT2D eigenvalue weighted by atomic mass is 9.89. The molecule has 4 heterocycles. The van der Waals surface area contributed by atoms with E-state index in [2.05, 4.69) is 55.9 Å². The van der Waals surface area contributed by atoms with Crippen molar-refractivity contribution in [2.75, 3.05) is 0 Å². The molecule has 0 spiro atoms. The summed E-state index contributed by atoms with van der Waals surface area (Å²) in [4.78, 5) is 7.26. The highest BCUT2D eigenvalue weighted by Gasteiger charge is 2.26. The van der Waals surface area contributed by atoms with Crippen LogP contribution >= 0.6 is 23.1 Å². The Morgan fingerprint density at radius 1 is 1.21 bits per heavy atom. The first-order chi connectivity index (χ1) is 13.8. The SMILES string of the molecule is CC1CCc2sc3c(c2C1)c1ncnn1c1nnc(SCc2ccccc2)n31. The number of aromatic nitrogens is 6. The van der Waals surface area contributed by atoms with Gasteiger partial charge in [0.05, 0.1) is 5.39 Å². The number of hydrogen-bond donors (Lipinski definition) is 0. The van der Waals surface area contributed by atoms with E-state index in [4.69, 9.17) is 0 Å². The second kappa shape index (κ2) is 6.28. The highest BCUT2D eigenvalue weighted by molar-refractivity contribution is 7.98. The van der Waals surface area contributed by atoms with Crippen LogP contribution in [0.1, 0.15) is 29.3 Å². The Kier molecular flexibility index (Phi) is 3.70. The van der Waals surface area contributed by atoms with Crippen molar-refractivity contribution in [2.24, 2.45) is 5.92 Å². The van der Waals surface area contributed by atoms with Crippen LogP contribution in [-0.2, 0) is 18.6 Å². The van der Waals surface area contributed by atoms with E-state index in [-0.39, 0.29) is 0 Å². The maximum absolute atomic E-state index is 4.58. The molecule has 0 radical (unpaired) electrons. The highest BCUT2D eigenvalue weighted by atomic mass is 32.2. The Bertz CT molecular complexity index is 1320. The summed E-state index contributed by atoms with van der Waals surface area (Å²) in [5.74, 6) is 2.31. The lowest BCUT2D eigenvalue weighted by Gasteiger charge is -2.17. The minimum atomic E-state index is 0.705. The molecular formula is C20H18N6S2. The molecule has 1 aliphatic rings. The van der Waals surface area contributed by atoms with Crippen molar-refractivity contribution in [1.29, 1.82) is 0 Å². The smallest absolute Gasteiger partial charge is 0.244 e. The molecule has 0 saturated heterocycles. The van der Waals surface area contributed by atoms with Gasteiger partial charge in [-0.25, -0.2) is 9.38 Å². The lowest BCUT2D eigenvalue weighted by Crippen LogP contribution is -2.09. The molecule has 6 rings (SSSR count). The van der Waals surface area contributed by atoms with E-state index in [1.165, 1.54) is 32.6 Å². The Morgan fingerprint density at radius 3 is 3.00 bits per heavy atom. The highest BCUT2D eigenvalue weighted by Crippen LogP contribution is 2.41. The van der Waals surface area contributed by atoms with Crippen LogP contribution in [0.4, 0.5) is 0 Å². The van der Waals surface area contributed by atoms with E-state index >= 15 is 0 Å². The van der Waals surface area contributed by atoms with Gasteiger partial charge in [-0.15, -0.1) is 21.5 Å². The Morgan fingerprint density at radius 2 is 2.11 bits per heavy atom. The molecule has 0 amide bonds. The van der Waals surface area contributed by atoms with Crippen molar-refractivity contribution in [3.8, 4) is 0 Å². The van der Waals surface area contributed by atoms with Crippen LogP contribution in [0, 0.1) is 5.92 Å². The molecule has 0 N–H and O–H groups in total. The van der Waals surface area contributed by atoms with E-state index in [0.29, 0.717) is 5.92 Å². The second-order valence-electron chi connectivity index (χ2n) is 7.42. The average Bonchev–Trinajstić information content (AvgIpc) is 3.42. The van der Waals surface area contributed by atoms with Crippen molar-refractivity contribution < 1.29 is 0 Å². The molecule has 1 atom stereocenters. The molecule has 0 fully saturated rings. The van der Waals surface area contributed by atoms with E-state index in [1.54, 1.807) is 18.1 Å². The van der Waals surface area contributed by atoms with Crippen molar-refractivity contribution >= 4 is 44.7 Å². The maximum Gasteiger partial charge on any atom is 0.260 e. The summed E-state index contributed by atoms with van der Waals surface area (Å²) in [7, 11) is 0. The van der Waals surface area contributed by atoms with Crippen LogP contribution in [-0.4, -0.2) is 29.2 Å². The maximum atomic E-state index is 4.58. The fraction of sp³-hybridized carbons (Fsp3) is 0.300. The molecule has 1 aromatic carbocycles. The standard InChI is InChI=1S/C20H18N6S2/c1-12-7-8-15-14(9-12)16-17-21-11-22-26(17)19-23-24-20(25(19)18(16)28-15)27-10-13-5-3-2-4-6-13/h2-6,11-12H,7-10H2,1H3. The number of fused-ring (bicyclic) bond motifs is 8. The summed E-state index contributed by atoms with van der Waals surface area (Å²) >= 11 is 3.60. The summed E-state index contributed by atoms with van der Waals surface area (Å²) in [5, 5.41) is 15.6. The molecule has 28 heavy (non-hydrogen) atoms. The van der Waals surface area contributed by atoms with E-state index < -0.39 is 0 Å². The molecule has 1 aliphatic carbocycles. The Balaban J connectivity index is 1.58. The first-order valence-electron chi connectivity index (χ1n) is 9.47. The van der Waals surface area contributed by atoms with Crippen LogP contribution in [0.2, 0.25) is 0 Å². The van der Waals surface area contributed by atoms with Gasteiger partial charge in [0.25, 0.3) is 5.78 Å². The number of thioether (sulfide) groups is 1. The lowest BCUT2D eigenvalue weighted by molar-refractivity contribution is 0.508. The Hall–Kier alpha value is -2.45. The molecule has 140 valence electrons. The van der Waals surface area contributed by atoms with Gasteiger partial charge in [0.2, 0.25) is 0 Å². The molecule has 4 aromatic heterocycles. The average molecular weight is 407 g/mol. The molecule has 6 nitrogen and oxygen atoms in total. The zero-order valence-electron chi connectivity index (χ0n) is 15.4. The summed E-state index contributed by atoms with van der Waals surface area (Å²) in [6, 6.07) is 10.5. The van der Waals surface area contributed by atoms with E-state index in [0.717, 1.165) is 35.2 Å². The molecule has 5 aromatic rings. The number of rotatable bonds is 3. The topological polar surface area (TPSA) is 60.4 Å². The van der Waals surface area contributed by atoms with Gasteiger partial charge < -0.3 is 0 Å². The van der Waals surface area contributed by atoms with Gasteiger partial charge in [-0.3, -0.25) is 0 Å². The molecule has 0 bridgehead atoms. The number of benzene rings is 1. The minimum absolute atomic E-state index is 0.705. The fourth-order valence-electron chi connectivity index (χ4n) is 4.08. The van der Waals surface area contributed by atoms with Gasteiger partial charge in [0.1, 0.15) is 11.2 Å². The van der Waals surface area contributed by atoms with E-state index in [1.807, 2.05) is 21.9 Å². The summed E-state index contributed by atoms with van der Waals surface area (Å²) in [6.07, 6.45) is 5.13. The molecule has 8 heteroatoms. The van der Waals surface area contributed by atoms with Gasteiger partial charge in [0.15, 0.2) is 10.8 Å². The third-order valence-corrected chi connectivity index (χ3v) is 7.76. The number of thiophene rings is 1. The monoisotopic (exact) mass is 406 g/mol. The van der Waals surface area contributed by atoms with Crippen molar-refractivity contribution in [2.45, 2.75) is 37.1 Å².